The van der Waals surface area contributed by atoms with E-state index in [0.717, 1.165) is 0 Å². The Bertz CT molecular complexity index is 34.7. The van der Waals surface area contributed by atoms with Crippen LogP contribution >= 0.6 is 12.4 Å². The molecule has 0 aliphatic heterocycles. The van der Waals surface area contributed by atoms with Crippen LogP contribution in [0.2, 0.25) is 0 Å². The molecule has 0 heterocycles. The van der Waals surface area contributed by atoms with Gasteiger partial charge < -0.3 is 15.7 Å². The summed E-state index contributed by atoms with van der Waals surface area (Å²) in [5.74, 6) is 0. The first-order chi connectivity index (χ1) is 1.73. The second-order valence-corrected chi connectivity index (χ2v) is 0.283. The standard InChI is InChI=1S/CH2O3.ClH.Co.H2O/c2-1(3)4;;;/h(H2,2,3,4);1H;;1H2. The van der Waals surface area contributed by atoms with E-state index in [1.54, 1.807) is 0 Å². The van der Waals surface area contributed by atoms with Gasteiger partial charge in [0.25, 0.3) is 0 Å². The van der Waals surface area contributed by atoms with E-state index in [9.17, 15) is 0 Å². The van der Waals surface area contributed by atoms with Crippen molar-refractivity contribution in [3.8, 4) is 0 Å². The van der Waals surface area contributed by atoms with Gasteiger partial charge in [-0.2, -0.15) is 0 Å². The number of carbonyl (C=O) groups is 1. The van der Waals surface area contributed by atoms with Gasteiger partial charge in [-0.05, 0) is 0 Å². The molecule has 4 nitrogen and oxygen atoms in total. The predicted octanol–water partition coefficient (Wildman–Crippen LogP) is -0.183. The summed E-state index contributed by atoms with van der Waals surface area (Å²) in [6, 6.07) is 0. The maximum atomic E-state index is 8.56. The zero-order valence-electron chi connectivity index (χ0n) is 3.04. The summed E-state index contributed by atoms with van der Waals surface area (Å²) in [6.45, 7) is 0. The van der Waals surface area contributed by atoms with Crippen LogP contribution < -0.4 is 0 Å². The molecule has 6 heteroatoms. The SMILES string of the molecule is Cl.O.O=C(O)O.[Co]. The molecule has 7 heavy (non-hydrogen) atoms. The molecule has 0 aromatic rings. The summed E-state index contributed by atoms with van der Waals surface area (Å²) in [6.07, 6.45) is -1.83. The van der Waals surface area contributed by atoms with Crippen molar-refractivity contribution in [2.24, 2.45) is 0 Å². The van der Waals surface area contributed by atoms with Crippen molar-refractivity contribution in [1.29, 1.82) is 0 Å². The normalized spacial score (nSPS) is 3.43. The Morgan fingerprint density at radius 1 is 1.29 bits per heavy atom. The minimum absolute atomic E-state index is 0. The van der Waals surface area contributed by atoms with Gasteiger partial charge in [-0.3, -0.25) is 0 Å². The molecule has 0 spiro atoms. The van der Waals surface area contributed by atoms with E-state index in [1.807, 2.05) is 0 Å². The number of hydrogen-bond donors (Lipinski definition) is 2. The minimum atomic E-state index is -1.83. The maximum absolute atomic E-state index is 8.56. The summed E-state index contributed by atoms with van der Waals surface area (Å²) in [5, 5.41) is 13.9. The van der Waals surface area contributed by atoms with Crippen LogP contribution in [-0.4, -0.2) is 21.8 Å². The van der Waals surface area contributed by atoms with E-state index in [1.165, 1.54) is 0 Å². The molecule has 0 aliphatic rings. The first-order valence-electron chi connectivity index (χ1n) is 0.651. The zero-order valence-corrected chi connectivity index (χ0v) is 4.90. The zero-order chi connectivity index (χ0) is 3.58. The molecule has 1 radical (unpaired) electrons. The van der Waals surface area contributed by atoms with Gasteiger partial charge >= 0.3 is 6.16 Å². The minimum Gasteiger partial charge on any atom is -0.450 e. The van der Waals surface area contributed by atoms with Crippen molar-refractivity contribution in [3.05, 3.63) is 0 Å². The van der Waals surface area contributed by atoms with Crippen LogP contribution in [0.1, 0.15) is 0 Å². The Labute approximate surface area is 56.4 Å². The van der Waals surface area contributed by atoms with Gasteiger partial charge in [0, 0.05) is 16.8 Å². The topological polar surface area (TPSA) is 89.0 Å². The largest absolute Gasteiger partial charge is 0.503 e. The molecule has 49 valence electrons. The summed E-state index contributed by atoms with van der Waals surface area (Å²) >= 11 is 0. The molecule has 0 bridgehead atoms. The molecular weight excluding hydrogens is 170 g/mol. The van der Waals surface area contributed by atoms with Crippen molar-refractivity contribution in [2.75, 3.05) is 0 Å². The van der Waals surface area contributed by atoms with Crippen molar-refractivity contribution in [2.45, 2.75) is 0 Å². The third kappa shape index (κ3) is 139000. The summed E-state index contributed by atoms with van der Waals surface area (Å²) in [7, 11) is 0. The van der Waals surface area contributed by atoms with Gasteiger partial charge in [0.15, 0.2) is 0 Å². The van der Waals surface area contributed by atoms with Crippen LogP contribution in [0.4, 0.5) is 4.79 Å². The molecule has 0 aliphatic carbocycles. The van der Waals surface area contributed by atoms with E-state index in [-0.39, 0.29) is 34.7 Å². The average molecular weight is 175 g/mol. The van der Waals surface area contributed by atoms with Crippen molar-refractivity contribution >= 4 is 18.6 Å². The molecule has 4 N–H and O–H groups in total. The Hall–Kier alpha value is 0.0265. The molecule has 0 saturated carbocycles. The number of carboxylic acid groups (broad SMARTS) is 2. The first kappa shape index (κ1) is 27.9. The second kappa shape index (κ2) is 16.6. The Morgan fingerprint density at radius 3 is 1.29 bits per heavy atom. The molecule has 0 aromatic heterocycles. The molecule has 0 fully saturated rings. The van der Waals surface area contributed by atoms with E-state index >= 15 is 0 Å². The first-order valence-corrected chi connectivity index (χ1v) is 0.651. The summed E-state index contributed by atoms with van der Waals surface area (Å²) < 4.78 is 0. The van der Waals surface area contributed by atoms with E-state index in [0.29, 0.717) is 0 Å². The fraction of sp³-hybridized carbons (Fsp3) is 0. The van der Waals surface area contributed by atoms with Gasteiger partial charge in [0.05, 0.1) is 0 Å². The van der Waals surface area contributed by atoms with Crippen LogP contribution in [-0.2, 0) is 16.8 Å². The quantitative estimate of drug-likeness (QED) is 0.535. The van der Waals surface area contributed by atoms with Gasteiger partial charge in [-0.1, -0.05) is 0 Å². The molecule has 0 saturated heterocycles. The summed E-state index contributed by atoms with van der Waals surface area (Å²) in [4.78, 5) is 8.56. The Morgan fingerprint density at radius 2 is 1.29 bits per heavy atom. The fourth-order valence-electron chi connectivity index (χ4n) is 0. The smallest absolute Gasteiger partial charge is 0.450 e. The van der Waals surface area contributed by atoms with Gasteiger partial charge in [0.1, 0.15) is 0 Å². The molecule has 0 amide bonds. The van der Waals surface area contributed by atoms with Crippen molar-refractivity contribution in [1.82, 2.24) is 0 Å². The summed E-state index contributed by atoms with van der Waals surface area (Å²) in [5.41, 5.74) is 0. The third-order valence-corrected chi connectivity index (χ3v) is 0. The molecule has 0 aromatic carbocycles. The van der Waals surface area contributed by atoms with Crippen molar-refractivity contribution < 1.29 is 37.3 Å². The third-order valence-electron chi connectivity index (χ3n) is 0. The fourth-order valence-corrected chi connectivity index (χ4v) is 0. The average Bonchev–Trinajstić information content (AvgIpc) is 0.811. The van der Waals surface area contributed by atoms with Crippen LogP contribution in [0.25, 0.3) is 0 Å². The second-order valence-electron chi connectivity index (χ2n) is 0.283. The van der Waals surface area contributed by atoms with E-state index in [4.69, 9.17) is 15.0 Å². The molecule has 0 atom stereocenters. The Kier molecular flexibility index (Phi) is 66.2. The van der Waals surface area contributed by atoms with Crippen LogP contribution in [0.5, 0.6) is 0 Å². The predicted molar refractivity (Wildman–Crippen MR) is 21.5 cm³/mol. The van der Waals surface area contributed by atoms with E-state index < -0.39 is 6.16 Å². The molecule has 0 rings (SSSR count). The number of rotatable bonds is 0. The van der Waals surface area contributed by atoms with Crippen LogP contribution in [0.15, 0.2) is 0 Å². The van der Waals surface area contributed by atoms with Gasteiger partial charge in [0.2, 0.25) is 0 Å². The van der Waals surface area contributed by atoms with Gasteiger partial charge in [-0.25, -0.2) is 4.79 Å². The van der Waals surface area contributed by atoms with Crippen LogP contribution in [0, 0.1) is 0 Å². The van der Waals surface area contributed by atoms with Crippen LogP contribution in [0.3, 0.4) is 0 Å². The molecule has 0 unspecified atom stereocenters. The monoisotopic (exact) mass is 175 g/mol. The number of hydrogen-bond acceptors (Lipinski definition) is 1. The van der Waals surface area contributed by atoms with Crippen molar-refractivity contribution in [3.63, 3.8) is 0 Å². The van der Waals surface area contributed by atoms with Gasteiger partial charge in [-0.15, -0.1) is 12.4 Å². The Balaban J connectivity index is -0.0000000150. The van der Waals surface area contributed by atoms with E-state index in [2.05, 4.69) is 0 Å². The number of halogens is 1. The molecular formula is CH5ClCoO4. The maximum Gasteiger partial charge on any atom is 0.503 e.